The number of carbonyl (C=O) groups is 2. The molecule has 1 aromatic heterocycles. The molecule has 1 atom stereocenters. The van der Waals surface area contributed by atoms with Gasteiger partial charge in [0, 0.05) is 25.5 Å². The fourth-order valence-corrected chi connectivity index (χ4v) is 1.96. The second kappa shape index (κ2) is 5.59. The summed E-state index contributed by atoms with van der Waals surface area (Å²) in [5.41, 5.74) is 1.01. The molecule has 0 aliphatic carbocycles. The molecule has 6 heteroatoms. The average molecular weight is 249 g/mol. The number of methoxy groups -OCH3 is 1. The van der Waals surface area contributed by atoms with Crippen molar-refractivity contribution in [2.24, 2.45) is 0 Å². The standard InChI is InChI=1S/C12H15N3O3/c1-18-12(17)10-7-15(8-11(16)14-10)6-9-3-2-4-13-5-9/h2-5,10H,6-8H2,1H3,(H,14,16). The van der Waals surface area contributed by atoms with E-state index in [2.05, 4.69) is 15.0 Å². The monoisotopic (exact) mass is 249 g/mol. The van der Waals surface area contributed by atoms with Crippen LogP contribution in [0.15, 0.2) is 24.5 Å². The second-order valence-electron chi connectivity index (χ2n) is 4.17. The Kier molecular flexibility index (Phi) is 3.88. The largest absolute Gasteiger partial charge is 0.467 e. The third-order valence-corrected chi connectivity index (χ3v) is 2.76. The van der Waals surface area contributed by atoms with Gasteiger partial charge in [0.2, 0.25) is 5.91 Å². The van der Waals surface area contributed by atoms with E-state index in [4.69, 9.17) is 0 Å². The zero-order chi connectivity index (χ0) is 13.0. The number of hydrogen-bond acceptors (Lipinski definition) is 5. The van der Waals surface area contributed by atoms with Gasteiger partial charge < -0.3 is 10.1 Å². The van der Waals surface area contributed by atoms with Gasteiger partial charge in [0.15, 0.2) is 0 Å². The SMILES string of the molecule is COC(=O)C1CN(Cc2cccnc2)CC(=O)N1. The maximum Gasteiger partial charge on any atom is 0.329 e. The van der Waals surface area contributed by atoms with Gasteiger partial charge in [-0.05, 0) is 11.6 Å². The molecule has 0 saturated carbocycles. The Bertz CT molecular complexity index is 435. The minimum Gasteiger partial charge on any atom is -0.467 e. The Hall–Kier alpha value is -1.95. The van der Waals surface area contributed by atoms with Crippen molar-refractivity contribution in [3.8, 4) is 0 Å². The van der Waals surface area contributed by atoms with Gasteiger partial charge in [-0.1, -0.05) is 6.07 Å². The summed E-state index contributed by atoms with van der Waals surface area (Å²) in [6.45, 7) is 1.32. The van der Waals surface area contributed by atoms with Crippen LogP contribution in [0.4, 0.5) is 0 Å². The van der Waals surface area contributed by atoms with Crippen molar-refractivity contribution in [2.75, 3.05) is 20.2 Å². The molecular formula is C12H15N3O3. The lowest BCUT2D eigenvalue weighted by Crippen LogP contribution is -2.57. The Morgan fingerprint density at radius 1 is 1.67 bits per heavy atom. The van der Waals surface area contributed by atoms with E-state index in [1.54, 1.807) is 12.4 Å². The minimum atomic E-state index is -0.590. The molecule has 0 bridgehead atoms. The second-order valence-corrected chi connectivity index (χ2v) is 4.17. The number of esters is 1. The molecular weight excluding hydrogens is 234 g/mol. The normalized spacial score (nSPS) is 20.3. The van der Waals surface area contributed by atoms with E-state index < -0.39 is 12.0 Å². The predicted octanol–water partition coefficient (Wildman–Crippen LogP) is -0.445. The summed E-state index contributed by atoms with van der Waals surface area (Å²) in [5.74, 6) is -0.584. The predicted molar refractivity (Wildman–Crippen MR) is 63.5 cm³/mol. The Labute approximate surface area is 105 Å². The molecule has 6 nitrogen and oxygen atoms in total. The van der Waals surface area contributed by atoms with Crippen molar-refractivity contribution in [2.45, 2.75) is 12.6 Å². The molecule has 0 spiro atoms. The van der Waals surface area contributed by atoms with E-state index in [-0.39, 0.29) is 12.5 Å². The first-order chi connectivity index (χ1) is 8.69. The molecule has 1 saturated heterocycles. The molecule has 0 aromatic carbocycles. The van der Waals surface area contributed by atoms with Gasteiger partial charge in [-0.15, -0.1) is 0 Å². The maximum absolute atomic E-state index is 11.5. The topological polar surface area (TPSA) is 71.5 Å². The molecule has 1 unspecified atom stereocenters. The van der Waals surface area contributed by atoms with Crippen molar-refractivity contribution in [1.29, 1.82) is 0 Å². The lowest BCUT2D eigenvalue weighted by Gasteiger charge is -2.31. The van der Waals surface area contributed by atoms with Crippen LogP contribution in [0.1, 0.15) is 5.56 Å². The van der Waals surface area contributed by atoms with E-state index in [9.17, 15) is 9.59 Å². The van der Waals surface area contributed by atoms with E-state index in [0.717, 1.165) is 5.56 Å². The summed E-state index contributed by atoms with van der Waals surface area (Å²) in [6.07, 6.45) is 3.45. The molecule has 1 aliphatic heterocycles. The number of hydrogen-bond donors (Lipinski definition) is 1. The fourth-order valence-electron chi connectivity index (χ4n) is 1.96. The number of pyridine rings is 1. The Morgan fingerprint density at radius 2 is 2.50 bits per heavy atom. The van der Waals surface area contributed by atoms with Gasteiger partial charge in [-0.2, -0.15) is 0 Å². The maximum atomic E-state index is 11.5. The molecule has 1 N–H and O–H groups in total. The van der Waals surface area contributed by atoms with Crippen molar-refractivity contribution in [3.63, 3.8) is 0 Å². The molecule has 96 valence electrons. The van der Waals surface area contributed by atoms with Crippen LogP contribution in [0, 0.1) is 0 Å². The van der Waals surface area contributed by atoms with E-state index in [0.29, 0.717) is 13.1 Å². The van der Waals surface area contributed by atoms with Crippen molar-refractivity contribution < 1.29 is 14.3 Å². The third-order valence-electron chi connectivity index (χ3n) is 2.76. The lowest BCUT2D eigenvalue weighted by atomic mass is 10.2. The van der Waals surface area contributed by atoms with Gasteiger partial charge >= 0.3 is 5.97 Å². The minimum absolute atomic E-state index is 0.166. The lowest BCUT2D eigenvalue weighted by molar-refractivity contribution is -0.147. The first-order valence-corrected chi connectivity index (χ1v) is 5.67. The van der Waals surface area contributed by atoms with Crippen LogP contribution in [-0.4, -0.2) is 48.0 Å². The van der Waals surface area contributed by atoms with E-state index in [1.807, 2.05) is 17.0 Å². The average Bonchev–Trinajstić information content (AvgIpc) is 2.38. The van der Waals surface area contributed by atoms with Gasteiger partial charge in [0.1, 0.15) is 6.04 Å². The first-order valence-electron chi connectivity index (χ1n) is 5.67. The molecule has 18 heavy (non-hydrogen) atoms. The van der Waals surface area contributed by atoms with Crippen LogP contribution in [-0.2, 0) is 20.9 Å². The zero-order valence-electron chi connectivity index (χ0n) is 10.1. The van der Waals surface area contributed by atoms with Crippen molar-refractivity contribution >= 4 is 11.9 Å². The van der Waals surface area contributed by atoms with Gasteiger partial charge in [0.05, 0.1) is 13.7 Å². The van der Waals surface area contributed by atoms with Gasteiger partial charge in [-0.3, -0.25) is 14.7 Å². The number of nitrogens with one attached hydrogen (secondary N) is 1. The summed E-state index contributed by atoms with van der Waals surface area (Å²) in [6, 6.07) is 3.19. The molecule has 1 amide bonds. The number of rotatable bonds is 3. The van der Waals surface area contributed by atoms with Crippen LogP contribution >= 0.6 is 0 Å². The molecule has 1 aromatic rings. The third kappa shape index (κ3) is 3.04. The molecule has 2 heterocycles. The fraction of sp³-hybridized carbons (Fsp3) is 0.417. The van der Waals surface area contributed by atoms with E-state index >= 15 is 0 Å². The van der Waals surface area contributed by atoms with E-state index in [1.165, 1.54) is 7.11 Å². The summed E-state index contributed by atoms with van der Waals surface area (Å²) in [4.78, 5) is 28.9. The van der Waals surface area contributed by atoms with Crippen LogP contribution < -0.4 is 5.32 Å². The van der Waals surface area contributed by atoms with Crippen LogP contribution in [0.2, 0.25) is 0 Å². The number of nitrogens with zero attached hydrogens (tertiary/aromatic N) is 2. The van der Waals surface area contributed by atoms with Gasteiger partial charge in [-0.25, -0.2) is 4.79 Å². The summed E-state index contributed by atoms with van der Waals surface area (Å²) >= 11 is 0. The quantitative estimate of drug-likeness (QED) is 0.735. The Morgan fingerprint density at radius 3 is 3.17 bits per heavy atom. The van der Waals surface area contributed by atoms with Crippen LogP contribution in [0.25, 0.3) is 0 Å². The number of ether oxygens (including phenoxy) is 1. The molecule has 1 aliphatic rings. The highest BCUT2D eigenvalue weighted by atomic mass is 16.5. The first kappa shape index (κ1) is 12.5. The van der Waals surface area contributed by atoms with Crippen molar-refractivity contribution in [3.05, 3.63) is 30.1 Å². The number of amides is 1. The van der Waals surface area contributed by atoms with Crippen LogP contribution in [0.5, 0.6) is 0 Å². The highest BCUT2D eigenvalue weighted by Gasteiger charge is 2.30. The molecule has 0 radical (unpaired) electrons. The Balaban J connectivity index is 2.00. The number of piperazine rings is 1. The highest BCUT2D eigenvalue weighted by molar-refractivity contribution is 5.86. The smallest absolute Gasteiger partial charge is 0.329 e. The van der Waals surface area contributed by atoms with Gasteiger partial charge in [0.25, 0.3) is 0 Å². The van der Waals surface area contributed by atoms with Crippen LogP contribution in [0.3, 0.4) is 0 Å². The zero-order valence-corrected chi connectivity index (χ0v) is 10.1. The molecule has 1 fully saturated rings. The number of carbonyl (C=O) groups excluding carboxylic acids is 2. The van der Waals surface area contributed by atoms with Crippen molar-refractivity contribution in [1.82, 2.24) is 15.2 Å². The number of aromatic nitrogens is 1. The highest BCUT2D eigenvalue weighted by Crippen LogP contribution is 2.07. The molecule has 2 rings (SSSR count). The summed E-state index contributed by atoms with van der Waals surface area (Å²) in [7, 11) is 1.31. The summed E-state index contributed by atoms with van der Waals surface area (Å²) in [5, 5.41) is 2.61. The summed E-state index contributed by atoms with van der Waals surface area (Å²) < 4.78 is 4.64.